The Morgan fingerprint density at radius 2 is 1.91 bits per heavy atom. The Morgan fingerprint density at radius 3 is 2.59 bits per heavy atom. The Bertz CT molecular complexity index is 1860. The molecule has 0 bridgehead atoms. The van der Waals surface area contributed by atoms with Crippen LogP contribution >= 0.6 is 11.3 Å². The number of hydrogen-bond acceptors (Lipinski definition) is 10. The quantitative estimate of drug-likeness (QED) is 0.304. The maximum absolute atomic E-state index is 14.5. The number of carbonyl (C=O) groups is 1. The first kappa shape index (κ1) is 30.7. The molecule has 3 aliphatic rings. The van der Waals surface area contributed by atoms with Crippen LogP contribution in [0.1, 0.15) is 43.0 Å². The Balaban J connectivity index is 1.31. The number of fused-ring (bicyclic) bond motifs is 1. The van der Waals surface area contributed by atoms with Crippen LogP contribution in [0, 0.1) is 6.92 Å². The summed E-state index contributed by atoms with van der Waals surface area (Å²) in [5.41, 5.74) is -0.314. The molecule has 1 atom stereocenters. The summed E-state index contributed by atoms with van der Waals surface area (Å²) in [5, 5.41) is 10.5. The predicted molar refractivity (Wildman–Crippen MR) is 169 cm³/mol. The van der Waals surface area contributed by atoms with Gasteiger partial charge in [0.2, 0.25) is 5.89 Å². The van der Waals surface area contributed by atoms with E-state index < -0.39 is 29.0 Å². The molecule has 6 heterocycles. The van der Waals surface area contributed by atoms with Crippen LogP contribution < -0.4 is 16.0 Å². The lowest BCUT2D eigenvalue weighted by Gasteiger charge is -2.49. The molecule has 3 saturated heterocycles. The van der Waals surface area contributed by atoms with Crippen LogP contribution in [-0.4, -0.2) is 93.3 Å². The van der Waals surface area contributed by atoms with Gasteiger partial charge in [0.25, 0.3) is 5.56 Å². The average molecular weight is 652 g/mol. The number of carbonyl (C=O) groups excluding carboxylic acids is 1. The third kappa shape index (κ3) is 5.42. The molecule has 2 amide bonds. The first-order valence-electron chi connectivity index (χ1n) is 15.5. The second-order valence-electron chi connectivity index (χ2n) is 12.5. The minimum atomic E-state index is -0.892. The van der Waals surface area contributed by atoms with Gasteiger partial charge >= 0.3 is 11.7 Å². The van der Waals surface area contributed by atoms with Gasteiger partial charge in [-0.15, -0.1) is 11.3 Å². The molecule has 14 heteroatoms. The van der Waals surface area contributed by atoms with E-state index >= 15 is 0 Å². The number of aromatic nitrogens is 3. The number of β-amino-alcohol motifs (C(OH)–C–C–N with tert-alkyl or cyclic N) is 1. The smallest absolute Gasteiger partial charge is 0.332 e. The van der Waals surface area contributed by atoms with Crippen molar-refractivity contribution >= 4 is 27.6 Å². The number of amides is 2. The van der Waals surface area contributed by atoms with Crippen molar-refractivity contribution in [1.29, 1.82) is 0 Å². The summed E-state index contributed by atoms with van der Waals surface area (Å²) in [7, 11) is 1.60. The number of urea groups is 1. The van der Waals surface area contributed by atoms with E-state index in [1.54, 1.807) is 34.6 Å². The third-order valence-corrected chi connectivity index (χ3v) is 10.4. The lowest BCUT2D eigenvalue weighted by Crippen LogP contribution is -2.67. The van der Waals surface area contributed by atoms with Gasteiger partial charge in [0.1, 0.15) is 22.9 Å². The van der Waals surface area contributed by atoms with Crippen LogP contribution in [0.5, 0.6) is 5.75 Å². The van der Waals surface area contributed by atoms with Crippen molar-refractivity contribution in [3.63, 3.8) is 0 Å². The monoisotopic (exact) mass is 651 g/mol. The number of para-hydroxylation sites is 1. The number of ether oxygens (including phenoxy) is 3. The highest BCUT2D eigenvalue weighted by Crippen LogP contribution is 2.38. The summed E-state index contributed by atoms with van der Waals surface area (Å²) in [6.07, 6.45) is 3.81. The maximum Gasteiger partial charge on any atom is 0.332 e. The van der Waals surface area contributed by atoms with Crippen molar-refractivity contribution in [2.75, 3.05) is 46.5 Å². The molecular weight excluding hydrogens is 614 g/mol. The molecule has 3 fully saturated rings. The Labute approximate surface area is 268 Å². The second-order valence-corrected chi connectivity index (χ2v) is 13.5. The number of likely N-dealkylation sites (tertiary alicyclic amines) is 2. The van der Waals surface area contributed by atoms with E-state index in [9.17, 15) is 19.5 Å². The van der Waals surface area contributed by atoms with Gasteiger partial charge in [-0.2, -0.15) is 0 Å². The normalized spacial score (nSPS) is 19.2. The summed E-state index contributed by atoms with van der Waals surface area (Å²) in [6.45, 7) is 5.75. The number of thiophene rings is 1. The van der Waals surface area contributed by atoms with Gasteiger partial charge < -0.3 is 33.5 Å². The first-order chi connectivity index (χ1) is 22.1. The highest BCUT2D eigenvalue weighted by molar-refractivity contribution is 7.22. The lowest BCUT2D eigenvalue weighted by molar-refractivity contribution is -0.0756. The first-order valence-corrected chi connectivity index (χ1v) is 16.3. The van der Waals surface area contributed by atoms with Crippen LogP contribution in [0.15, 0.2) is 50.7 Å². The molecule has 13 nitrogen and oxygen atoms in total. The molecule has 244 valence electrons. The van der Waals surface area contributed by atoms with E-state index in [1.807, 2.05) is 31.2 Å². The number of oxazole rings is 1. The van der Waals surface area contributed by atoms with Gasteiger partial charge in [-0.25, -0.2) is 14.6 Å². The standard InChI is InChI=1S/C32H37N5O8S/c1-19-25-28(38)37(20-14-34(15-20)30(39)35-17-32(2,41)18-35)31(40)36(29(25)46-26(19)27-33-10-13-44-27)16-24(45-21-8-11-43-12-9-21)22-6-4-5-7-23(22)42-3/h4-7,10,13,20-21,24,41H,8-9,11-12,14-18H2,1-3H3. The summed E-state index contributed by atoms with van der Waals surface area (Å²) in [6, 6.07) is 6.87. The molecule has 0 radical (unpaired) electrons. The van der Waals surface area contributed by atoms with Crippen molar-refractivity contribution in [3.05, 3.63) is 68.7 Å². The fourth-order valence-electron chi connectivity index (χ4n) is 6.63. The van der Waals surface area contributed by atoms with Gasteiger partial charge in [0.15, 0.2) is 0 Å². The maximum atomic E-state index is 14.5. The summed E-state index contributed by atoms with van der Waals surface area (Å²) in [4.78, 5) is 50.3. The SMILES string of the molecule is COc1ccccc1C(Cn1c(=O)n(C2CN(C(=O)N3CC(C)(O)C3)C2)c(=O)c2c(C)c(-c3ncco3)sc21)OC1CCOCC1. The van der Waals surface area contributed by atoms with Crippen LogP contribution in [0.3, 0.4) is 0 Å². The third-order valence-electron chi connectivity index (χ3n) is 9.06. The van der Waals surface area contributed by atoms with Crippen LogP contribution in [0.25, 0.3) is 21.0 Å². The Hall–Kier alpha value is -3.98. The van der Waals surface area contributed by atoms with Gasteiger partial charge in [0.05, 0.1) is 61.0 Å². The van der Waals surface area contributed by atoms with Gasteiger partial charge in [-0.3, -0.25) is 13.9 Å². The van der Waals surface area contributed by atoms with Crippen molar-refractivity contribution in [3.8, 4) is 16.5 Å². The van der Waals surface area contributed by atoms with Gasteiger partial charge in [-0.1, -0.05) is 18.2 Å². The van der Waals surface area contributed by atoms with Crippen molar-refractivity contribution in [2.45, 2.75) is 57.1 Å². The van der Waals surface area contributed by atoms with Crippen molar-refractivity contribution in [2.24, 2.45) is 0 Å². The topological polar surface area (TPSA) is 141 Å². The largest absolute Gasteiger partial charge is 0.496 e. The minimum absolute atomic E-state index is 0.0813. The number of methoxy groups -OCH3 is 1. The zero-order valence-electron chi connectivity index (χ0n) is 26.0. The average Bonchev–Trinajstić information content (AvgIpc) is 3.67. The molecular formula is C32H37N5O8S. The number of benzene rings is 1. The van der Waals surface area contributed by atoms with Crippen LogP contribution in [-0.2, 0) is 16.0 Å². The van der Waals surface area contributed by atoms with E-state index in [2.05, 4.69) is 4.98 Å². The summed E-state index contributed by atoms with van der Waals surface area (Å²) >= 11 is 1.29. The molecule has 7 rings (SSSR count). The zero-order valence-corrected chi connectivity index (χ0v) is 26.8. The number of hydrogen-bond donors (Lipinski definition) is 1. The van der Waals surface area contributed by atoms with Gasteiger partial charge in [0, 0.05) is 31.9 Å². The molecule has 1 aromatic carbocycles. The summed E-state index contributed by atoms with van der Waals surface area (Å²) in [5.74, 6) is 1.01. The predicted octanol–water partition coefficient (Wildman–Crippen LogP) is 3.18. The molecule has 3 aromatic heterocycles. The molecule has 0 aliphatic carbocycles. The van der Waals surface area contributed by atoms with Gasteiger partial charge in [-0.05, 0) is 38.3 Å². The fourth-order valence-corrected chi connectivity index (χ4v) is 7.87. The summed E-state index contributed by atoms with van der Waals surface area (Å²) < 4.78 is 26.5. The molecule has 1 unspecified atom stereocenters. The van der Waals surface area contributed by atoms with Crippen LogP contribution in [0.2, 0.25) is 0 Å². The van der Waals surface area contributed by atoms with E-state index in [-0.39, 0.29) is 44.9 Å². The second kappa shape index (κ2) is 12.0. The van der Waals surface area contributed by atoms with E-state index in [4.69, 9.17) is 18.6 Å². The molecule has 1 N–H and O–H groups in total. The van der Waals surface area contributed by atoms with E-state index in [0.29, 0.717) is 45.5 Å². The molecule has 3 aliphatic heterocycles. The zero-order chi connectivity index (χ0) is 32.2. The number of rotatable bonds is 8. The Kier molecular flexibility index (Phi) is 7.99. The number of nitrogens with zero attached hydrogens (tertiary/aromatic N) is 5. The van der Waals surface area contributed by atoms with Crippen molar-refractivity contribution in [1.82, 2.24) is 23.9 Å². The highest BCUT2D eigenvalue weighted by atomic mass is 32.1. The molecule has 0 saturated carbocycles. The number of aryl methyl sites for hydroxylation is 1. The lowest BCUT2D eigenvalue weighted by atomic mass is 9.97. The molecule has 0 spiro atoms. The Morgan fingerprint density at radius 1 is 1.17 bits per heavy atom. The highest BCUT2D eigenvalue weighted by Gasteiger charge is 2.44. The number of aliphatic hydroxyl groups is 1. The van der Waals surface area contributed by atoms with Crippen molar-refractivity contribution < 1.29 is 28.5 Å². The molecule has 4 aromatic rings. The molecule has 46 heavy (non-hydrogen) atoms. The van der Waals surface area contributed by atoms with E-state index in [0.717, 1.165) is 18.4 Å². The van der Waals surface area contributed by atoms with E-state index in [1.165, 1.54) is 22.2 Å². The minimum Gasteiger partial charge on any atom is -0.496 e. The van der Waals surface area contributed by atoms with Crippen LogP contribution in [0.4, 0.5) is 4.79 Å². The fraction of sp³-hybridized carbons (Fsp3) is 0.500.